The number of aromatic nitrogens is 3. The van der Waals surface area contributed by atoms with Gasteiger partial charge in [-0.3, -0.25) is 4.79 Å². The number of ketones is 1. The van der Waals surface area contributed by atoms with Crippen LogP contribution in [-0.4, -0.2) is 37.9 Å². The van der Waals surface area contributed by atoms with Gasteiger partial charge in [0.2, 0.25) is 0 Å². The second-order valence-electron chi connectivity index (χ2n) is 9.61. The van der Waals surface area contributed by atoms with Gasteiger partial charge in [-0.2, -0.15) is 11.8 Å². The highest BCUT2D eigenvalue weighted by Crippen LogP contribution is 2.21. The molecule has 6 nitrogen and oxygen atoms in total. The van der Waals surface area contributed by atoms with Crippen LogP contribution in [0.5, 0.6) is 5.75 Å². The number of carbonyl (C=O) groups is 1. The van der Waals surface area contributed by atoms with Crippen LogP contribution in [0.2, 0.25) is 0 Å². The van der Waals surface area contributed by atoms with E-state index in [1.165, 1.54) is 11.9 Å². The highest BCUT2D eigenvalue weighted by molar-refractivity contribution is 7.99. The van der Waals surface area contributed by atoms with Gasteiger partial charge in [-0.1, -0.05) is 52.0 Å². The molecule has 2 aromatic carbocycles. The molecule has 194 valence electrons. The first kappa shape index (κ1) is 26.9. The van der Waals surface area contributed by atoms with E-state index in [1.807, 2.05) is 52.9 Å². The van der Waals surface area contributed by atoms with E-state index >= 15 is 0 Å². The molecular weight excluding hydrogens is 482 g/mol. The normalized spacial score (nSPS) is 11.5. The average molecular weight is 518 g/mol. The molecule has 0 N–H and O–H groups in total. The molecule has 0 atom stereocenters. The third kappa shape index (κ3) is 7.43. The summed E-state index contributed by atoms with van der Waals surface area (Å²) in [7, 11) is 0. The van der Waals surface area contributed by atoms with E-state index in [2.05, 4.69) is 61.9 Å². The number of nitrogens with zero attached hydrogens (tertiary/aromatic N) is 3. The van der Waals surface area contributed by atoms with Gasteiger partial charge in [0.25, 0.3) is 0 Å². The highest BCUT2D eigenvalue weighted by atomic mass is 32.2. The maximum absolute atomic E-state index is 13.0. The van der Waals surface area contributed by atoms with Crippen LogP contribution in [0.3, 0.4) is 0 Å². The van der Waals surface area contributed by atoms with Crippen molar-refractivity contribution in [1.29, 1.82) is 0 Å². The number of hydrogen-bond donors (Lipinski definition) is 0. The smallest absolute Gasteiger partial charge is 0.168 e. The number of benzene rings is 2. The van der Waals surface area contributed by atoms with E-state index < -0.39 is 0 Å². The fourth-order valence-electron chi connectivity index (χ4n) is 3.96. The molecule has 4 aromatic rings. The molecule has 0 saturated carbocycles. The van der Waals surface area contributed by atoms with Crippen LogP contribution in [0.25, 0.3) is 11.0 Å². The van der Waals surface area contributed by atoms with Crippen molar-refractivity contribution in [3.8, 4) is 5.75 Å². The first-order valence-electron chi connectivity index (χ1n) is 12.7. The summed E-state index contributed by atoms with van der Waals surface area (Å²) in [5.41, 5.74) is 4.55. The zero-order chi connectivity index (χ0) is 26.2. The van der Waals surface area contributed by atoms with Gasteiger partial charge in [0, 0.05) is 22.9 Å². The fraction of sp³-hybridized carbons (Fsp3) is 0.367. The Morgan fingerprint density at radius 1 is 0.973 bits per heavy atom. The van der Waals surface area contributed by atoms with Gasteiger partial charge in [-0.15, -0.1) is 0 Å². The van der Waals surface area contributed by atoms with E-state index in [9.17, 15) is 4.79 Å². The molecule has 2 heterocycles. The molecule has 0 amide bonds. The minimum absolute atomic E-state index is 0.00512. The standard InChI is InChI=1S/C30H35N3O3S/c1-21(2)24-7-5-23(6-8-24)18-36-26-11-9-25(10-12-26)29(34)17-28-27-13-14-33(30(27)32-19-31-28)20-35-15-16-37-22(3)4/h5-14,19,21-22H,15-18,20H2,1-4H3. The molecule has 0 spiro atoms. The Labute approximate surface area is 223 Å². The van der Waals surface area contributed by atoms with Gasteiger partial charge in [-0.25, -0.2) is 9.97 Å². The molecule has 0 bridgehead atoms. The summed E-state index contributed by atoms with van der Waals surface area (Å²) < 4.78 is 13.7. The first-order valence-corrected chi connectivity index (χ1v) is 13.8. The molecular formula is C30H35N3O3S. The molecule has 0 radical (unpaired) electrons. The Balaban J connectivity index is 1.33. The maximum Gasteiger partial charge on any atom is 0.168 e. The Morgan fingerprint density at radius 2 is 1.73 bits per heavy atom. The number of thioether (sulfide) groups is 1. The molecule has 0 aliphatic heterocycles. The zero-order valence-electron chi connectivity index (χ0n) is 22.0. The molecule has 7 heteroatoms. The molecule has 4 rings (SSSR count). The highest BCUT2D eigenvalue weighted by Gasteiger charge is 2.14. The molecule has 0 fully saturated rings. The zero-order valence-corrected chi connectivity index (χ0v) is 22.8. The van der Waals surface area contributed by atoms with Crippen molar-refractivity contribution >= 4 is 28.6 Å². The third-order valence-electron chi connectivity index (χ3n) is 6.10. The second-order valence-corrected chi connectivity index (χ2v) is 11.3. The van der Waals surface area contributed by atoms with Gasteiger partial charge in [0.15, 0.2) is 5.78 Å². The van der Waals surface area contributed by atoms with Crippen molar-refractivity contribution in [2.24, 2.45) is 0 Å². The monoisotopic (exact) mass is 517 g/mol. The van der Waals surface area contributed by atoms with Crippen LogP contribution in [-0.2, 0) is 24.5 Å². The van der Waals surface area contributed by atoms with Gasteiger partial charge >= 0.3 is 0 Å². The molecule has 0 aliphatic carbocycles. The summed E-state index contributed by atoms with van der Waals surface area (Å²) >= 11 is 1.88. The van der Waals surface area contributed by atoms with Gasteiger partial charge in [-0.05, 0) is 52.6 Å². The minimum atomic E-state index is 0.00512. The van der Waals surface area contributed by atoms with Crippen molar-refractivity contribution in [1.82, 2.24) is 14.5 Å². The summed E-state index contributed by atoms with van der Waals surface area (Å²) in [5, 5.41) is 1.47. The second kappa shape index (κ2) is 12.9. The predicted octanol–water partition coefficient (Wildman–Crippen LogP) is 6.67. The Kier molecular flexibility index (Phi) is 9.36. The number of hydrogen-bond acceptors (Lipinski definition) is 6. The summed E-state index contributed by atoms with van der Waals surface area (Å²) in [6.07, 6.45) is 3.66. The van der Waals surface area contributed by atoms with Gasteiger partial charge in [0.1, 0.15) is 31.1 Å². The summed E-state index contributed by atoms with van der Waals surface area (Å²) in [6.45, 7) is 10.3. The molecule has 2 aromatic heterocycles. The van der Waals surface area contributed by atoms with Gasteiger partial charge < -0.3 is 14.0 Å². The summed E-state index contributed by atoms with van der Waals surface area (Å²) in [4.78, 5) is 21.8. The van der Waals surface area contributed by atoms with Crippen molar-refractivity contribution in [2.75, 3.05) is 12.4 Å². The van der Waals surface area contributed by atoms with E-state index in [4.69, 9.17) is 9.47 Å². The van der Waals surface area contributed by atoms with E-state index in [-0.39, 0.29) is 12.2 Å². The van der Waals surface area contributed by atoms with Crippen LogP contribution in [0.15, 0.2) is 67.1 Å². The molecule has 0 aliphatic rings. The van der Waals surface area contributed by atoms with Crippen molar-refractivity contribution < 1.29 is 14.3 Å². The summed E-state index contributed by atoms with van der Waals surface area (Å²) in [6, 6.07) is 17.7. The van der Waals surface area contributed by atoms with Crippen LogP contribution in [0, 0.1) is 0 Å². The van der Waals surface area contributed by atoms with Crippen molar-refractivity contribution in [3.05, 3.63) is 89.5 Å². The van der Waals surface area contributed by atoms with Crippen LogP contribution in [0.1, 0.15) is 60.8 Å². The van der Waals surface area contributed by atoms with E-state index in [0.717, 1.165) is 28.1 Å². The number of fused-ring (bicyclic) bond motifs is 1. The number of ether oxygens (including phenoxy) is 2. The van der Waals surface area contributed by atoms with Crippen molar-refractivity contribution in [3.63, 3.8) is 0 Å². The Hall–Kier alpha value is -3.16. The quantitative estimate of drug-likeness (QED) is 0.146. The number of carbonyl (C=O) groups excluding carboxylic acids is 1. The van der Waals surface area contributed by atoms with Crippen molar-refractivity contribution in [2.45, 2.75) is 58.6 Å². The fourth-order valence-corrected chi connectivity index (χ4v) is 4.65. The average Bonchev–Trinajstić information content (AvgIpc) is 3.31. The lowest BCUT2D eigenvalue weighted by Gasteiger charge is -2.09. The molecule has 0 saturated heterocycles. The Bertz CT molecular complexity index is 1300. The lowest BCUT2D eigenvalue weighted by atomic mass is 10.0. The minimum Gasteiger partial charge on any atom is -0.489 e. The lowest BCUT2D eigenvalue weighted by Crippen LogP contribution is -2.08. The SMILES string of the molecule is CC(C)SCCOCn1ccc2c(CC(=O)c3ccc(OCc4ccc(C(C)C)cc4)cc3)ncnc21. The maximum atomic E-state index is 13.0. The number of rotatable bonds is 13. The van der Waals surface area contributed by atoms with E-state index in [0.29, 0.717) is 42.4 Å². The largest absolute Gasteiger partial charge is 0.489 e. The van der Waals surface area contributed by atoms with Crippen LogP contribution in [0.4, 0.5) is 0 Å². The predicted molar refractivity (Wildman–Crippen MR) is 150 cm³/mol. The third-order valence-corrected chi connectivity index (χ3v) is 7.17. The first-order chi connectivity index (χ1) is 17.9. The topological polar surface area (TPSA) is 66.2 Å². The lowest BCUT2D eigenvalue weighted by molar-refractivity contribution is 0.0926. The van der Waals surface area contributed by atoms with E-state index in [1.54, 1.807) is 0 Å². The number of Topliss-reactive ketones (excluding diaryl/α,β-unsaturated/α-hetero) is 1. The molecule has 37 heavy (non-hydrogen) atoms. The van der Waals surface area contributed by atoms with Crippen LogP contribution >= 0.6 is 11.8 Å². The summed E-state index contributed by atoms with van der Waals surface area (Å²) in [5.74, 6) is 2.21. The van der Waals surface area contributed by atoms with Gasteiger partial charge in [0.05, 0.1) is 18.7 Å². The molecule has 0 unspecified atom stereocenters. The van der Waals surface area contributed by atoms with Crippen LogP contribution < -0.4 is 4.74 Å². The Morgan fingerprint density at radius 3 is 2.43 bits per heavy atom.